The first-order chi connectivity index (χ1) is 14.5. The number of benzene rings is 2. The van der Waals surface area contributed by atoms with Gasteiger partial charge in [0.05, 0.1) is 22.3 Å². The van der Waals surface area contributed by atoms with Crippen molar-refractivity contribution in [3.8, 4) is 10.6 Å². The topological polar surface area (TPSA) is 74.1 Å². The van der Waals surface area contributed by atoms with Gasteiger partial charge in [0.2, 0.25) is 0 Å². The number of halogens is 1. The van der Waals surface area contributed by atoms with Crippen molar-refractivity contribution in [2.75, 3.05) is 0 Å². The lowest BCUT2D eigenvalue weighted by Gasteiger charge is -2.10. The first-order valence-corrected chi connectivity index (χ1v) is 10.6. The Morgan fingerprint density at radius 1 is 1.17 bits per heavy atom. The van der Waals surface area contributed by atoms with E-state index in [9.17, 15) is 9.59 Å². The van der Waals surface area contributed by atoms with Crippen molar-refractivity contribution < 1.29 is 9.53 Å². The van der Waals surface area contributed by atoms with Crippen LogP contribution in [0.3, 0.4) is 0 Å². The largest absolute Gasteiger partial charge is 0.456 e. The zero-order valence-corrected chi connectivity index (χ0v) is 18.0. The second-order valence-electron chi connectivity index (χ2n) is 6.68. The van der Waals surface area contributed by atoms with E-state index in [2.05, 4.69) is 9.97 Å². The molecule has 30 heavy (non-hydrogen) atoms. The number of esters is 1. The van der Waals surface area contributed by atoms with Crippen LogP contribution in [0.4, 0.5) is 0 Å². The van der Waals surface area contributed by atoms with Crippen LogP contribution in [-0.4, -0.2) is 20.5 Å². The van der Waals surface area contributed by atoms with Crippen molar-refractivity contribution in [3.05, 3.63) is 80.2 Å². The number of hydrogen-bond acceptors (Lipinski definition) is 6. The third-order valence-electron chi connectivity index (χ3n) is 4.66. The summed E-state index contributed by atoms with van der Waals surface area (Å²) >= 11 is 7.40. The van der Waals surface area contributed by atoms with Gasteiger partial charge in [-0.15, -0.1) is 11.3 Å². The minimum Gasteiger partial charge on any atom is -0.456 e. The van der Waals surface area contributed by atoms with E-state index in [0.29, 0.717) is 39.6 Å². The molecule has 8 heteroatoms. The Morgan fingerprint density at radius 3 is 2.67 bits per heavy atom. The predicted octanol–water partition coefficient (Wildman–Crippen LogP) is 4.86. The van der Waals surface area contributed by atoms with Crippen LogP contribution < -0.4 is 5.56 Å². The first-order valence-electron chi connectivity index (χ1n) is 9.35. The van der Waals surface area contributed by atoms with Gasteiger partial charge >= 0.3 is 5.97 Å². The summed E-state index contributed by atoms with van der Waals surface area (Å²) in [6.45, 7) is 4.16. The Balaban J connectivity index is 1.50. The van der Waals surface area contributed by atoms with Gasteiger partial charge in [-0.25, -0.2) is 14.8 Å². The number of hydrogen-bond donors (Lipinski definition) is 0. The van der Waals surface area contributed by atoms with Gasteiger partial charge in [0.15, 0.2) is 0 Å². The lowest BCUT2D eigenvalue weighted by Crippen LogP contribution is -2.23. The molecule has 0 N–H and O–H groups in total. The van der Waals surface area contributed by atoms with Crippen molar-refractivity contribution >= 4 is 39.9 Å². The van der Waals surface area contributed by atoms with Crippen molar-refractivity contribution in [1.82, 2.24) is 14.5 Å². The predicted molar refractivity (Wildman–Crippen MR) is 118 cm³/mol. The van der Waals surface area contributed by atoms with Crippen LogP contribution in [0.5, 0.6) is 0 Å². The minimum atomic E-state index is -0.466. The SMILES string of the molecule is CCn1c(=O)c(C)nc2cc(C(=O)OCc3csc(-c4ccc(Cl)cc4)n3)ccc21. The van der Waals surface area contributed by atoms with Crippen LogP contribution >= 0.6 is 22.9 Å². The molecule has 6 nitrogen and oxygen atoms in total. The number of carbonyl (C=O) groups excluding carboxylic acids is 1. The van der Waals surface area contributed by atoms with E-state index < -0.39 is 5.97 Å². The third kappa shape index (κ3) is 3.99. The molecule has 0 atom stereocenters. The molecule has 0 bridgehead atoms. The molecule has 0 radical (unpaired) electrons. The Bertz CT molecular complexity index is 1300. The summed E-state index contributed by atoms with van der Waals surface area (Å²) in [6, 6.07) is 12.4. The van der Waals surface area contributed by atoms with Gasteiger partial charge in [-0.05, 0) is 44.2 Å². The zero-order chi connectivity index (χ0) is 21.3. The maximum atomic E-state index is 12.5. The number of ether oxygens (including phenoxy) is 1. The maximum Gasteiger partial charge on any atom is 0.338 e. The Labute approximate surface area is 181 Å². The van der Waals surface area contributed by atoms with Crippen LogP contribution in [0.2, 0.25) is 5.02 Å². The Kier molecular flexibility index (Phi) is 5.65. The second-order valence-corrected chi connectivity index (χ2v) is 7.97. The highest BCUT2D eigenvalue weighted by Gasteiger charge is 2.13. The summed E-state index contributed by atoms with van der Waals surface area (Å²) in [4.78, 5) is 33.6. The van der Waals surface area contributed by atoms with Gasteiger partial charge < -0.3 is 9.30 Å². The van der Waals surface area contributed by atoms with E-state index >= 15 is 0 Å². The fourth-order valence-electron chi connectivity index (χ4n) is 3.14. The lowest BCUT2D eigenvalue weighted by atomic mass is 10.2. The monoisotopic (exact) mass is 439 g/mol. The van der Waals surface area contributed by atoms with E-state index in [4.69, 9.17) is 16.3 Å². The summed E-state index contributed by atoms with van der Waals surface area (Å²) in [5.41, 5.74) is 3.56. The van der Waals surface area contributed by atoms with E-state index in [1.807, 2.05) is 36.6 Å². The highest BCUT2D eigenvalue weighted by Crippen LogP contribution is 2.25. The number of thiazole rings is 1. The average Bonchev–Trinajstić information content (AvgIpc) is 3.22. The molecule has 0 fully saturated rings. The molecule has 0 aliphatic heterocycles. The minimum absolute atomic E-state index is 0.0713. The number of fused-ring (bicyclic) bond motifs is 1. The number of aromatic nitrogens is 3. The summed E-state index contributed by atoms with van der Waals surface area (Å²) in [5, 5.41) is 3.36. The summed E-state index contributed by atoms with van der Waals surface area (Å²) in [6.07, 6.45) is 0. The van der Waals surface area contributed by atoms with Crippen molar-refractivity contribution in [2.45, 2.75) is 27.0 Å². The fourth-order valence-corrected chi connectivity index (χ4v) is 4.07. The van der Waals surface area contributed by atoms with Crippen molar-refractivity contribution in [2.24, 2.45) is 0 Å². The number of nitrogens with zero attached hydrogens (tertiary/aromatic N) is 3. The smallest absolute Gasteiger partial charge is 0.338 e. The van der Waals surface area contributed by atoms with Crippen molar-refractivity contribution in [3.63, 3.8) is 0 Å². The molecule has 2 aromatic heterocycles. The van der Waals surface area contributed by atoms with E-state index in [-0.39, 0.29) is 12.2 Å². The number of aryl methyl sites for hydroxylation is 2. The van der Waals surface area contributed by atoms with Crippen molar-refractivity contribution in [1.29, 1.82) is 0 Å². The molecule has 152 valence electrons. The molecule has 0 unspecified atom stereocenters. The molecule has 0 saturated carbocycles. The Morgan fingerprint density at radius 2 is 1.93 bits per heavy atom. The van der Waals surface area contributed by atoms with E-state index in [1.165, 1.54) is 11.3 Å². The quantitative estimate of drug-likeness (QED) is 0.415. The van der Waals surface area contributed by atoms with Crippen LogP contribution in [0.1, 0.15) is 28.7 Å². The van der Waals surface area contributed by atoms with Crippen LogP contribution in [0.15, 0.2) is 52.6 Å². The normalized spacial score (nSPS) is 11.0. The standard InChI is InChI=1S/C22H18ClN3O3S/c1-3-26-19-9-6-15(10-18(19)24-13(2)21(26)27)22(28)29-11-17-12-30-20(25-17)14-4-7-16(23)8-5-14/h4-10,12H,3,11H2,1-2H3. The van der Waals surface area contributed by atoms with Gasteiger partial charge in [0.25, 0.3) is 5.56 Å². The summed E-state index contributed by atoms with van der Waals surface area (Å²) in [7, 11) is 0. The van der Waals surface area contributed by atoms with Gasteiger partial charge in [-0.1, -0.05) is 23.7 Å². The van der Waals surface area contributed by atoms with E-state index in [0.717, 1.165) is 10.6 Å². The molecule has 4 rings (SSSR count). The zero-order valence-electron chi connectivity index (χ0n) is 16.4. The average molecular weight is 440 g/mol. The van der Waals surface area contributed by atoms with Gasteiger partial charge in [0, 0.05) is 22.5 Å². The molecule has 0 spiro atoms. The van der Waals surface area contributed by atoms with Crippen LogP contribution in [0.25, 0.3) is 21.6 Å². The molecule has 2 heterocycles. The molecule has 4 aromatic rings. The van der Waals surface area contributed by atoms with Gasteiger partial charge in [0.1, 0.15) is 17.3 Å². The number of carbonyl (C=O) groups is 1. The molecule has 0 amide bonds. The highest BCUT2D eigenvalue weighted by molar-refractivity contribution is 7.13. The molecular weight excluding hydrogens is 422 g/mol. The molecule has 2 aromatic carbocycles. The Hall–Kier alpha value is -3.03. The first kappa shape index (κ1) is 20.3. The number of rotatable bonds is 5. The van der Waals surface area contributed by atoms with Gasteiger partial charge in [-0.3, -0.25) is 4.79 Å². The second kappa shape index (κ2) is 8.38. The summed E-state index contributed by atoms with van der Waals surface area (Å²) in [5.74, 6) is -0.466. The fraction of sp³-hybridized carbons (Fsp3) is 0.182. The van der Waals surface area contributed by atoms with E-state index in [1.54, 1.807) is 29.7 Å². The maximum absolute atomic E-state index is 12.5. The highest BCUT2D eigenvalue weighted by atomic mass is 35.5. The van der Waals surface area contributed by atoms with Gasteiger partial charge in [-0.2, -0.15) is 0 Å². The summed E-state index contributed by atoms with van der Waals surface area (Å²) < 4.78 is 7.07. The molecule has 0 aliphatic carbocycles. The lowest BCUT2D eigenvalue weighted by molar-refractivity contribution is 0.0468. The van der Waals surface area contributed by atoms with Crippen LogP contribution in [-0.2, 0) is 17.9 Å². The molecular formula is C22H18ClN3O3S. The molecule has 0 saturated heterocycles. The molecule has 0 aliphatic rings. The van der Waals surface area contributed by atoms with Crippen LogP contribution in [0, 0.1) is 6.92 Å². The third-order valence-corrected chi connectivity index (χ3v) is 5.85.